The summed E-state index contributed by atoms with van der Waals surface area (Å²) >= 11 is 0. The number of aromatic amines is 1. The van der Waals surface area contributed by atoms with Crippen molar-refractivity contribution in [3.8, 4) is 0 Å². The van der Waals surface area contributed by atoms with Gasteiger partial charge >= 0.3 is 6.09 Å². The Kier molecular flexibility index (Phi) is 4.36. The molecule has 0 aliphatic carbocycles. The maximum absolute atomic E-state index is 13.0. The first-order valence-electron chi connectivity index (χ1n) is 9.57. The predicted octanol–water partition coefficient (Wildman–Crippen LogP) is 3.15. The van der Waals surface area contributed by atoms with Crippen molar-refractivity contribution >= 4 is 28.2 Å². The zero-order valence-electron chi connectivity index (χ0n) is 16.7. The summed E-state index contributed by atoms with van der Waals surface area (Å²) in [5, 5.41) is 0.886. The Balaban J connectivity index is 1.69. The van der Waals surface area contributed by atoms with E-state index in [-0.39, 0.29) is 17.7 Å². The highest BCUT2D eigenvalue weighted by Crippen LogP contribution is 2.28. The van der Waals surface area contributed by atoms with Gasteiger partial charge in [-0.15, -0.1) is 0 Å². The number of pyridine rings is 1. The number of piperidine rings is 1. The zero-order chi connectivity index (χ0) is 20.1. The number of H-pyrrole nitrogens is 1. The Morgan fingerprint density at radius 2 is 2.00 bits per heavy atom. The Hall–Kier alpha value is -2.90. The summed E-state index contributed by atoms with van der Waals surface area (Å²) in [6.07, 6.45) is 4.59. The van der Waals surface area contributed by atoms with Crippen molar-refractivity contribution in [3.63, 3.8) is 0 Å². The molecule has 1 aliphatic heterocycles. The van der Waals surface area contributed by atoms with Crippen molar-refractivity contribution in [2.75, 3.05) is 13.1 Å². The van der Waals surface area contributed by atoms with Crippen LogP contribution in [0.1, 0.15) is 45.3 Å². The number of rotatable bonds is 1. The standard InChI is InChI=1S/C20H25N5O3/c1-12-18(26)25(16-14-5-8-21-17(14)22-11-15(16)23-12)13-6-9-24(10-7-13)19(27)28-20(2,3)4/h5,8,11,13H,6-7,9-10H2,1-4H3,(H,21,22). The number of nitrogens with zero attached hydrogens (tertiary/aromatic N) is 4. The van der Waals surface area contributed by atoms with E-state index < -0.39 is 5.60 Å². The molecule has 0 bridgehead atoms. The van der Waals surface area contributed by atoms with E-state index in [2.05, 4.69) is 15.0 Å². The van der Waals surface area contributed by atoms with Gasteiger partial charge in [-0.25, -0.2) is 14.8 Å². The number of carbonyl (C=O) groups excluding carboxylic acids is 1. The highest BCUT2D eigenvalue weighted by atomic mass is 16.6. The van der Waals surface area contributed by atoms with Crippen LogP contribution >= 0.6 is 0 Å². The molecular formula is C20H25N5O3. The maximum atomic E-state index is 13.0. The third-order valence-electron chi connectivity index (χ3n) is 5.08. The van der Waals surface area contributed by atoms with Gasteiger partial charge in [0.2, 0.25) is 0 Å². The van der Waals surface area contributed by atoms with Crippen LogP contribution in [0.4, 0.5) is 4.79 Å². The fourth-order valence-electron chi connectivity index (χ4n) is 3.80. The minimum Gasteiger partial charge on any atom is -0.444 e. The van der Waals surface area contributed by atoms with Crippen molar-refractivity contribution in [3.05, 3.63) is 34.5 Å². The van der Waals surface area contributed by atoms with Gasteiger partial charge < -0.3 is 19.2 Å². The number of fused-ring (bicyclic) bond motifs is 3. The molecule has 1 fully saturated rings. The van der Waals surface area contributed by atoms with Crippen LogP contribution in [-0.4, -0.2) is 49.2 Å². The molecule has 3 aromatic rings. The summed E-state index contributed by atoms with van der Waals surface area (Å²) in [6, 6.07) is 1.92. The number of likely N-dealkylation sites (tertiary alicyclic amines) is 1. The van der Waals surface area contributed by atoms with Gasteiger partial charge in [-0.3, -0.25) is 4.79 Å². The van der Waals surface area contributed by atoms with E-state index in [1.54, 1.807) is 18.0 Å². The van der Waals surface area contributed by atoms with E-state index in [1.807, 2.05) is 37.6 Å². The zero-order valence-corrected chi connectivity index (χ0v) is 16.7. The van der Waals surface area contributed by atoms with Gasteiger partial charge in [0.1, 0.15) is 22.5 Å². The van der Waals surface area contributed by atoms with Gasteiger partial charge in [0, 0.05) is 30.7 Å². The van der Waals surface area contributed by atoms with Crippen LogP contribution in [0.5, 0.6) is 0 Å². The molecule has 4 heterocycles. The lowest BCUT2D eigenvalue weighted by molar-refractivity contribution is 0.0189. The molecule has 0 radical (unpaired) electrons. The summed E-state index contributed by atoms with van der Waals surface area (Å²) in [4.78, 5) is 39.0. The first kappa shape index (κ1) is 18.5. The van der Waals surface area contributed by atoms with Gasteiger partial charge in [-0.2, -0.15) is 0 Å². The fourth-order valence-corrected chi connectivity index (χ4v) is 3.80. The van der Waals surface area contributed by atoms with Crippen LogP contribution in [0.2, 0.25) is 0 Å². The largest absolute Gasteiger partial charge is 0.444 e. The summed E-state index contributed by atoms with van der Waals surface area (Å²) in [7, 11) is 0. The third kappa shape index (κ3) is 3.23. The topological polar surface area (TPSA) is 93.1 Å². The lowest BCUT2D eigenvalue weighted by Gasteiger charge is -2.34. The number of hydrogen-bond acceptors (Lipinski definition) is 5. The van der Waals surface area contributed by atoms with E-state index in [0.29, 0.717) is 37.1 Å². The molecular weight excluding hydrogens is 358 g/mol. The molecule has 1 N–H and O–H groups in total. The summed E-state index contributed by atoms with van der Waals surface area (Å²) in [5.41, 5.74) is 2.10. The fraction of sp³-hybridized carbons (Fsp3) is 0.500. The molecule has 8 heteroatoms. The van der Waals surface area contributed by atoms with Gasteiger partial charge in [-0.05, 0) is 46.6 Å². The second-order valence-electron chi connectivity index (χ2n) is 8.30. The van der Waals surface area contributed by atoms with Gasteiger partial charge in [0.05, 0.1) is 11.7 Å². The third-order valence-corrected chi connectivity index (χ3v) is 5.08. The summed E-state index contributed by atoms with van der Waals surface area (Å²) in [6.45, 7) is 8.42. The first-order valence-corrected chi connectivity index (χ1v) is 9.57. The number of nitrogens with one attached hydrogen (secondary N) is 1. The van der Waals surface area contributed by atoms with Crippen LogP contribution < -0.4 is 5.56 Å². The lowest BCUT2D eigenvalue weighted by Crippen LogP contribution is -2.43. The number of amides is 1. The average molecular weight is 383 g/mol. The molecule has 4 rings (SSSR count). The molecule has 28 heavy (non-hydrogen) atoms. The van der Waals surface area contributed by atoms with E-state index in [0.717, 1.165) is 16.6 Å². The molecule has 0 spiro atoms. The van der Waals surface area contributed by atoms with Crippen LogP contribution in [0.25, 0.3) is 22.1 Å². The minimum atomic E-state index is -0.518. The normalized spacial score (nSPS) is 16.1. The Bertz CT molecular complexity index is 1100. The molecule has 8 nitrogen and oxygen atoms in total. The molecule has 1 amide bonds. The number of aryl methyl sites for hydroxylation is 1. The molecule has 0 saturated carbocycles. The summed E-state index contributed by atoms with van der Waals surface area (Å²) < 4.78 is 7.32. The van der Waals surface area contributed by atoms with E-state index in [9.17, 15) is 9.59 Å². The van der Waals surface area contributed by atoms with Crippen molar-refractivity contribution in [2.45, 2.75) is 52.2 Å². The second kappa shape index (κ2) is 6.61. The number of aromatic nitrogens is 4. The molecule has 0 unspecified atom stereocenters. The van der Waals surface area contributed by atoms with Crippen LogP contribution in [0.15, 0.2) is 23.3 Å². The van der Waals surface area contributed by atoms with Gasteiger partial charge in [0.25, 0.3) is 5.56 Å². The van der Waals surface area contributed by atoms with Crippen molar-refractivity contribution in [1.29, 1.82) is 0 Å². The molecule has 1 saturated heterocycles. The second-order valence-corrected chi connectivity index (χ2v) is 8.30. The monoisotopic (exact) mass is 383 g/mol. The predicted molar refractivity (Wildman–Crippen MR) is 106 cm³/mol. The van der Waals surface area contributed by atoms with Crippen LogP contribution in [0.3, 0.4) is 0 Å². The highest BCUT2D eigenvalue weighted by molar-refractivity contribution is 6.00. The Morgan fingerprint density at radius 1 is 1.29 bits per heavy atom. The van der Waals surface area contributed by atoms with Gasteiger partial charge in [0.15, 0.2) is 0 Å². The molecule has 0 atom stereocenters. The van der Waals surface area contributed by atoms with E-state index >= 15 is 0 Å². The number of carbonyl (C=O) groups is 1. The van der Waals surface area contributed by atoms with Crippen LogP contribution in [-0.2, 0) is 4.74 Å². The Morgan fingerprint density at radius 3 is 2.68 bits per heavy atom. The highest BCUT2D eigenvalue weighted by Gasteiger charge is 2.29. The summed E-state index contributed by atoms with van der Waals surface area (Å²) in [5.74, 6) is 0. The molecule has 1 aliphatic rings. The number of ether oxygens (including phenoxy) is 1. The van der Waals surface area contributed by atoms with Crippen molar-refractivity contribution in [2.24, 2.45) is 0 Å². The quantitative estimate of drug-likeness (QED) is 0.697. The number of hydrogen-bond donors (Lipinski definition) is 1. The molecule has 3 aromatic heterocycles. The van der Waals surface area contributed by atoms with Gasteiger partial charge in [-0.1, -0.05) is 0 Å². The average Bonchev–Trinajstić information content (AvgIpc) is 3.10. The SMILES string of the molecule is Cc1nc2cnc3[nH]ccc3c2n(C2CCN(C(=O)OC(C)(C)C)CC2)c1=O. The van der Waals surface area contributed by atoms with E-state index in [1.165, 1.54) is 0 Å². The first-order chi connectivity index (χ1) is 13.2. The smallest absolute Gasteiger partial charge is 0.410 e. The maximum Gasteiger partial charge on any atom is 0.410 e. The minimum absolute atomic E-state index is 0.00381. The van der Waals surface area contributed by atoms with E-state index in [4.69, 9.17) is 4.74 Å². The molecule has 148 valence electrons. The lowest BCUT2D eigenvalue weighted by atomic mass is 10.0. The van der Waals surface area contributed by atoms with Crippen molar-refractivity contribution < 1.29 is 9.53 Å². The van der Waals surface area contributed by atoms with Crippen LogP contribution in [0, 0.1) is 6.92 Å². The van der Waals surface area contributed by atoms with Crippen molar-refractivity contribution in [1.82, 2.24) is 24.4 Å². The Labute approximate surface area is 162 Å². The molecule has 0 aromatic carbocycles.